The van der Waals surface area contributed by atoms with Gasteiger partial charge in [0.15, 0.2) is 11.6 Å². The van der Waals surface area contributed by atoms with Crippen LogP contribution in [-0.2, 0) is 22.6 Å². The summed E-state index contributed by atoms with van der Waals surface area (Å²) in [7, 11) is 1.44. The number of β-amino-alcohol motifs (C(OH)–C–C–N with tert-alkyl or cyclic N) is 1. The van der Waals surface area contributed by atoms with Crippen LogP contribution in [0.4, 0.5) is 8.78 Å². The standard InChI is InChI=1S/C29H36F2N4O5/c1-21-13-22(2)35(32-21)11-12-39-24-6-4-5-23(14-24)16-33-9-10-34(28(36)17-38-3)19-29(37,18-33)20-40-25-7-8-26(30)27(31)15-25/h4-8,13-15,37H,9-12,16-20H2,1-3H3. The Bertz CT molecular complexity index is 1300. The molecular formula is C29H36F2N4O5. The van der Waals surface area contributed by atoms with E-state index in [1.165, 1.54) is 18.1 Å². The van der Waals surface area contributed by atoms with Crippen LogP contribution in [0.3, 0.4) is 0 Å². The maximum atomic E-state index is 13.7. The number of ether oxygens (including phenoxy) is 3. The van der Waals surface area contributed by atoms with Crippen LogP contribution in [0.25, 0.3) is 0 Å². The number of benzene rings is 2. The summed E-state index contributed by atoms with van der Waals surface area (Å²) in [6.07, 6.45) is 0. The Balaban J connectivity index is 1.42. The fraction of sp³-hybridized carbons (Fsp3) is 0.448. The number of aromatic nitrogens is 2. The third-order valence-corrected chi connectivity index (χ3v) is 6.69. The largest absolute Gasteiger partial charge is 0.492 e. The zero-order valence-corrected chi connectivity index (χ0v) is 23.1. The van der Waals surface area contributed by atoms with Crippen molar-refractivity contribution in [1.82, 2.24) is 19.6 Å². The Morgan fingerprint density at radius 3 is 2.55 bits per heavy atom. The van der Waals surface area contributed by atoms with E-state index >= 15 is 0 Å². The minimum absolute atomic E-state index is 0.00480. The number of aliphatic hydroxyl groups is 1. The van der Waals surface area contributed by atoms with Gasteiger partial charge in [0.2, 0.25) is 5.91 Å². The number of nitrogens with zero attached hydrogens (tertiary/aromatic N) is 4. The van der Waals surface area contributed by atoms with E-state index in [0.717, 1.165) is 34.8 Å². The monoisotopic (exact) mass is 558 g/mol. The molecule has 0 saturated carbocycles. The minimum atomic E-state index is -1.47. The van der Waals surface area contributed by atoms with E-state index in [9.17, 15) is 18.7 Å². The predicted molar refractivity (Wildman–Crippen MR) is 144 cm³/mol. The molecule has 4 rings (SSSR count). The molecule has 3 aromatic rings. The fourth-order valence-electron chi connectivity index (χ4n) is 4.82. The highest BCUT2D eigenvalue weighted by Crippen LogP contribution is 2.22. The van der Waals surface area contributed by atoms with Gasteiger partial charge in [-0.15, -0.1) is 0 Å². The SMILES string of the molecule is COCC(=O)N1CCN(Cc2cccc(OCCn3nc(C)cc3C)c2)CC(O)(COc2ccc(F)c(F)c2)C1. The van der Waals surface area contributed by atoms with Crippen LogP contribution in [0.2, 0.25) is 0 Å². The van der Waals surface area contributed by atoms with Gasteiger partial charge < -0.3 is 24.2 Å². The second-order valence-corrected chi connectivity index (χ2v) is 10.2. The van der Waals surface area contributed by atoms with Crippen molar-refractivity contribution in [3.63, 3.8) is 0 Å². The second kappa shape index (κ2) is 13.2. The van der Waals surface area contributed by atoms with Crippen LogP contribution >= 0.6 is 0 Å². The van der Waals surface area contributed by atoms with Gasteiger partial charge in [-0.05, 0) is 49.7 Å². The number of hydrogen-bond acceptors (Lipinski definition) is 7. The molecule has 1 N–H and O–H groups in total. The van der Waals surface area contributed by atoms with Gasteiger partial charge in [-0.1, -0.05) is 12.1 Å². The summed E-state index contributed by atoms with van der Waals surface area (Å²) in [5.74, 6) is -1.47. The summed E-state index contributed by atoms with van der Waals surface area (Å²) in [5, 5.41) is 16.0. The van der Waals surface area contributed by atoms with Crippen molar-refractivity contribution < 1.29 is 32.9 Å². The van der Waals surface area contributed by atoms with Gasteiger partial charge >= 0.3 is 0 Å². The van der Waals surface area contributed by atoms with Crippen molar-refractivity contribution in [2.75, 3.05) is 53.1 Å². The molecule has 0 aliphatic carbocycles. The van der Waals surface area contributed by atoms with Crippen molar-refractivity contribution in [1.29, 1.82) is 0 Å². The average molecular weight is 559 g/mol. The van der Waals surface area contributed by atoms with E-state index in [1.54, 1.807) is 0 Å². The smallest absolute Gasteiger partial charge is 0.248 e. The molecule has 1 amide bonds. The highest BCUT2D eigenvalue weighted by Gasteiger charge is 2.37. The van der Waals surface area contributed by atoms with Gasteiger partial charge in [-0.25, -0.2) is 8.78 Å². The van der Waals surface area contributed by atoms with Crippen LogP contribution in [0.1, 0.15) is 17.0 Å². The van der Waals surface area contributed by atoms with Crippen molar-refractivity contribution in [2.24, 2.45) is 0 Å². The van der Waals surface area contributed by atoms with Crippen LogP contribution in [0.15, 0.2) is 48.5 Å². The zero-order chi connectivity index (χ0) is 28.7. The highest BCUT2D eigenvalue weighted by molar-refractivity contribution is 5.77. The molecule has 216 valence electrons. The third kappa shape index (κ3) is 8.00. The molecule has 1 fully saturated rings. The topological polar surface area (TPSA) is 89.3 Å². The minimum Gasteiger partial charge on any atom is -0.492 e. The first-order chi connectivity index (χ1) is 19.1. The van der Waals surface area contributed by atoms with Crippen molar-refractivity contribution in [2.45, 2.75) is 32.5 Å². The summed E-state index contributed by atoms with van der Waals surface area (Å²) in [5.41, 5.74) is 1.55. The van der Waals surface area contributed by atoms with Gasteiger partial charge in [0.25, 0.3) is 0 Å². The number of hydrogen-bond donors (Lipinski definition) is 1. The van der Waals surface area contributed by atoms with E-state index in [1.807, 2.05) is 53.8 Å². The van der Waals surface area contributed by atoms with Gasteiger partial charge in [0.05, 0.1) is 18.8 Å². The molecule has 1 atom stereocenters. The van der Waals surface area contributed by atoms with E-state index < -0.39 is 17.2 Å². The van der Waals surface area contributed by atoms with Crippen molar-refractivity contribution >= 4 is 5.91 Å². The lowest BCUT2D eigenvalue weighted by molar-refractivity contribution is -0.138. The highest BCUT2D eigenvalue weighted by atomic mass is 19.2. The fourth-order valence-corrected chi connectivity index (χ4v) is 4.82. The van der Waals surface area contributed by atoms with Crippen LogP contribution < -0.4 is 9.47 Å². The third-order valence-electron chi connectivity index (χ3n) is 6.69. The molecule has 1 unspecified atom stereocenters. The molecule has 0 radical (unpaired) electrons. The summed E-state index contributed by atoms with van der Waals surface area (Å²) >= 11 is 0. The Kier molecular flexibility index (Phi) is 9.72. The van der Waals surface area contributed by atoms with Crippen LogP contribution in [0.5, 0.6) is 11.5 Å². The lowest BCUT2D eigenvalue weighted by Crippen LogP contribution is -2.52. The van der Waals surface area contributed by atoms with E-state index in [0.29, 0.717) is 32.8 Å². The molecule has 11 heteroatoms. The van der Waals surface area contributed by atoms with Gasteiger partial charge in [0, 0.05) is 45.0 Å². The Hall–Kier alpha value is -3.54. The molecule has 40 heavy (non-hydrogen) atoms. The van der Waals surface area contributed by atoms with Crippen molar-refractivity contribution in [3.8, 4) is 11.5 Å². The summed E-state index contributed by atoms with van der Waals surface area (Å²) in [4.78, 5) is 16.2. The predicted octanol–water partition coefficient (Wildman–Crippen LogP) is 2.96. The van der Waals surface area contributed by atoms with Gasteiger partial charge in [-0.2, -0.15) is 5.10 Å². The van der Waals surface area contributed by atoms with Crippen LogP contribution in [-0.4, -0.2) is 89.3 Å². The number of aryl methyl sites for hydroxylation is 2. The molecule has 1 aliphatic rings. The first-order valence-electron chi connectivity index (χ1n) is 13.2. The number of methoxy groups -OCH3 is 1. The Labute approximate surface area is 232 Å². The summed E-state index contributed by atoms with van der Waals surface area (Å²) in [6, 6.07) is 13.0. The number of carbonyl (C=O) groups excluding carboxylic acids is 1. The number of rotatable bonds is 11. The Morgan fingerprint density at radius 1 is 1.02 bits per heavy atom. The molecule has 2 aromatic carbocycles. The lowest BCUT2D eigenvalue weighted by Gasteiger charge is -2.33. The average Bonchev–Trinajstić information content (AvgIpc) is 3.13. The number of carbonyl (C=O) groups is 1. The maximum Gasteiger partial charge on any atom is 0.248 e. The summed E-state index contributed by atoms with van der Waals surface area (Å²) < 4.78 is 45.6. The van der Waals surface area contributed by atoms with Gasteiger partial charge in [-0.3, -0.25) is 14.4 Å². The zero-order valence-electron chi connectivity index (χ0n) is 23.1. The maximum absolute atomic E-state index is 13.7. The molecule has 9 nitrogen and oxygen atoms in total. The first kappa shape index (κ1) is 29.4. The van der Waals surface area contributed by atoms with Crippen molar-refractivity contribution in [3.05, 3.63) is 77.1 Å². The molecule has 0 spiro atoms. The number of amides is 1. The molecule has 1 aromatic heterocycles. The molecular weight excluding hydrogens is 522 g/mol. The molecule has 1 saturated heterocycles. The molecule has 0 bridgehead atoms. The number of halogens is 2. The normalized spacial score (nSPS) is 18.0. The van der Waals surface area contributed by atoms with Gasteiger partial charge in [0.1, 0.15) is 36.9 Å². The van der Waals surface area contributed by atoms with Crippen LogP contribution in [0, 0.1) is 25.5 Å². The Morgan fingerprint density at radius 2 is 1.82 bits per heavy atom. The quantitative estimate of drug-likeness (QED) is 0.387. The summed E-state index contributed by atoms with van der Waals surface area (Å²) in [6.45, 7) is 6.31. The van der Waals surface area contributed by atoms with E-state index in [-0.39, 0.29) is 38.0 Å². The first-order valence-corrected chi connectivity index (χ1v) is 13.2. The van der Waals surface area contributed by atoms with E-state index in [4.69, 9.17) is 14.2 Å². The second-order valence-electron chi connectivity index (χ2n) is 10.2. The molecule has 2 heterocycles. The van der Waals surface area contributed by atoms with E-state index in [2.05, 4.69) is 5.10 Å². The molecule has 1 aliphatic heterocycles. The lowest BCUT2D eigenvalue weighted by atomic mass is 10.0.